The average molecular weight is 413 g/mol. The maximum Gasteiger partial charge on any atom is 0.222 e. The van der Waals surface area contributed by atoms with E-state index in [1.165, 1.54) is 12.1 Å². The summed E-state index contributed by atoms with van der Waals surface area (Å²) < 4.78 is 18.8. The van der Waals surface area contributed by atoms with Gasteiger partial charge in [0.1, 0.15) is 11.6 Å². The number of nitrogens with one attached hydrogen (secondary N) is 2. The van der Waals surface area contributed by atoms with E-state index in [9.17, 15) is 9.18 Å². The average Bonchev–Trinajstić information content (AvgIpc) is 3.15. The van der Waals surface area contributed by atoms with Gasteiger partial charge in [-0.1, -0.05) is 12.1 Å². The number of halogens is 1. The second-order valence-electron chi connectivity index (χ2n) is 7.02. The first-order chi connectivity index (χ1) is 14.6. The molecule has 1 aliphatic rings. The molecule has 2 N–H and O–H groups in total. The molecule has 0 unspecified atom stereocenters. The van der Waals surface area contributed by atoms with Crippen LogP contribution in [0.4, 0.5) is 4.39 Å². The predicted molar refractivity (Wildman–Crippen MR) is 114 cm³/mol. The first-order valence-corrected chi connectivity index (χ1v) is 10.3. The van der Waals surface area contributed by atoms with Gasteiger partial charge in [-0.2, -0.15) is 0 Å². The minimum absolute atomic E-state index is 0.257. The Hall–Kier alpha value is -3.16. The number of aliphatic imine (C=N–C) groups is 1. The summed E-state index contributed by atoms with van der Waals surface area (Å²) in [5.74, 6) is 1.43. The molecule has 1 amide bonds. The molecule has 0 atom stereocenters. The zero-order chi connectivity index (χ0) is 21.2. The summed E-state index contributed by atoms with van der Waals surface area (Å²) in [6.07, 6.45) is 4.22. The van der Waals surface area contributed by atoms with Gasteiger partial charge < -0.3 is 20.3 Å². The number of aromatic nitrogens is 1. The molecule has 3 rings (SSSR count). The number of pyridine rings is 1. The van der Waals surface area contributed by atoms with Crippen LogP contribution in [-0.2, 0) is 11.3 Å². The zero-order valence-electron chi connectivity index (χ0n) is 17.2. The molecule has 7 nitrogen and oxygen atoms in total. The molecule has 8 heteroatoms. The van der Waals surface area contributed by atoms with E-state index in [-0.39, 0.29) is 11.7 Å². The number of guanidine groups is 1. The van der Waals surface area contributed by atoms with E-state index in [4.69, 9.17) is 4.74 Å². The summed E-state index contributed by atoms with van der Waals surface area (Å²) in [7, 11) is 0. The number of benzene rings is 1. The predicted octanol–water partition coefficient (Wildman–Crippen LogP) is 3.08. The highest BCUT2D eigenvalue weighted by molar-refractivity contribution is 5.79. The summed E-state index contributed by atoms with van der Waals surface area (Å²) in [4.78, 5) is 22.4. The number of ether oxygens (including phenoxy) is 1. The molecule has 160 valence electrons. The van der Waals surface area contributed by atoms with E-state index < -0.39 is 0 Å². The van der Waals surface area contributed by atoms with Gasteiger partial charge in [0.15, 0.2) is 5.96 Å². The molecule has 0 aliphatic carbocycles. The third-order valence-corrected chi connectivity index (χ3v) is 4.65. The maximum atomic E-state index is 13.2. The number of hydrogen-bond acceptors (Lipinski definition) is 4. The van der Waals surface area contributed by atoms with Crippen molar-refractivity contribution < 1.29 is 13.9 Å². The molecule has 1 aliphatic heterocycles. The van der Waals surface area contributed by atoms with Crippen molar-refractivity contribution in [2.45, 2.75) is 32.7 Å². The van der Waals surface area contributed by atoms with Crippen LogP contribution in [0.25, 0.3) is 0 Å². The molecule has 0 radical (unpaired) electrons. The Morgan fingerprint density at radius 2 is 2.20 bits per heavy atom. The van der Waals surface area contributed by atoms with Gasteiger partial charge in [0, 0.05) is 50.9 Å². The Morgan fingerprint density at radius 1 is 1.30 bits per heavy atom. The number of hydrogen-bond donors (Lipinski definition) is 2. The second-order valence-corrected chi connectivity index (χ2v) is 7.02. The van der Waals surface area contributed by atoms with E-state index in [1.54, 1.807) is 24.4 Å². The van der Waals surface area contributed by atoms with Crippen molar-refractivity contribution in [2.24, 2.45) is 4.99 Å². The second kappa shape index (κ2) is 11.1. The highest BCUT2D eigenvalue weighted by atomic mass is 19.1. The lowest BCUT2D eigenvalue weighted by molar-refractivity contribution is -0.127. The van der Waals surface area contributed by atoms with Crippen molar-refractivity contribution in [3.05, 3.63) is 54.0 Å². The fraction of sp³-hybridized carbons (Fsp3) is 0.409. The molecule has 2 heterocycles. The highest BCUT2D eigenvalue weighted by Gasteiger charge is 2.18. The minimum atomic E-state index is -0.353. The summed E-state index contributed by atoms with van der Waals surface area (Å²) in [5, 5.41) is 6.52. The standard InChI is InChI=1S/C22H28FN5O2/c1-2-24-22(25-11-5-13-28-12-4-8-21(28)29)27-16-17-9-10-20(26-15-17)30-19-7-3-6-18(23)14-19/h3,6-7,9-10,14-15H,2,4-5,8,11-13,16H2,1H3,(H2,24,25,27). The van der Waals surface area contributed by atoms with E-state index >= 15 is 0 Å². The van der Waals surface area contributed by atoms with Gasteiger partial charge in [-0.25, -0.2) is 14.4 Å². The summed E-state index contributed by atoms with van der Waals surface area (Å²) >= 11 is 0. The number of carbonyl (C=O) groups excluding carboxylic acids is 1. The lowest BCUT2D eigenvalue weighted by Gasteiger charge is -2.16. The fourth-order valence-corrected chi connectivity index (χ4v) is 3.15. The minimum Gasteiger partial charge on any atom is -0.439 e. The van der Waals surface area contributed by atoms with E-state index in [0.29, 0.717) is 24.6 Å². The molecule has 1 aromatic heterocycles. The molecule has 1 fully saturated rings. The van der Waals surface area contributed by atoms with Crippen LogP contribution < -0.4 is 15.4 Å². The molecule has 0 spiro atoms. The number of rotatable bonds is 9. The van der Waals surface area contributed by atoms with Crippen LogP contribution in [0.3, 0.4) is 0 Å². The number of amides is 1. The van der Waals surface area contributed by atoms with E-state index in [2.05, 4.69) is 20.6 Å². The number of likely N-dealkylation sites (tertiary alicyclic amines) is 1. The van der Waals surface area contributed by atoms with Crippen LogP contribution >= 0.6 is 0 Å². The van der Waals surface area contributed by atoms with Crippen LogP contribution in [0.15, 0.2) is 47.6 Å². The Kier molecular flexibility index (Phi) is 8.00. The maximum absolute atomic E-state index is 13.2. The highest BCUT2D eigenvalue weighted by Crippen LogP contribution is 2.20. The number of nitrogens with zero attached hydrogens (tertiary/aromatic N) is 3. The monoisotopic (exact) mass is 413 g/mol. The van der Waals surface area contributed by atoms with Crippen LogP contribution in [0.2, 0.25) is 0 Å². The van der Waals surface area contributed by atoms with Gasteiger partial charge in [0.2, 0.25) is 11.8 Å². The number of carbonyl (C=O) groups is 1. The normalized spacial score (nSPS) is 14.1. The van der Waals surface area contributed by atoms with Crippen LogP contribution in [-0.4, -0.2) is 47.9 Å². The quantitative estimate of drug-likeness (QED) is 0.375. The molecular weight excluding hydrogens is 385 g/mol. The largest absolute Gasteiger partial charge is 0.439 e. The molecule has 0 saturated carbocycles. The summed E-state index contributed by atoms with van der Waals surface area (Å²) in [6.45, 7) is 5.64. The van der Waals surface area contributed by atoms with Crippen LogP contribution in [0.5, 0.6) is 11.6 Å². The van der Waals surface area contributed by atoms with E-state index in [0.717, 1.165) is 50.5 Å². The Labute approximate surface area is 176 Å². The van der Waals surface area contributed by atoms with Gasteiger partial charge in [0.25, 0.3) is 0 Å². The van der Waals surface area contributed by atoms with Crippen molar-refractivity contribution in [1.82, 2.24) is 20.5 Å². The van der Waals surface area contributed by atoms with Crippen LogP contribution in [0.1, 0.15) is 31.7 Å². The molecule has 30 heavy (non-hydrogen) atoms. The first kappa shape index (κ1) is 21.5. The molecule has 2 aromatic rings. The van der Waals surface area contributed by atoms with Crippen molar-refractivity contribution in [3.8, 4) is 11.6 Å². The Morgan fingerprint density at radius 3 is 2.90 bits per heavy atom. The van der Waals surface area contributed by atoms with Gasteiger partial charge in [-0.3, -0.25) is 4.79 Å². The van der Waals surface area contributed by atoms with E-state index in [1.807, 2.05) is 17.9 Å². The SMILES string of the molecule is CCNC(=NCc1ccc(Oc2cccc(F)c2)nc1)NCCCN1CCCC1=O. The van der Waals surface area contributed by atoms with Gasteiger partial charge >= 0.3 is 0 Å². The summed E-state index contributed by atoms with van der Waals surface area (Å²) in [5.41, 5.74) is 0.932. The van der Waals surface area contributed by atoms with Crippen molar-refractivity contribution in [2.75, 3.05) is 26.2 Å². The van der Waals surface area contributed by atoms with Crippen molar-refractivity contribution in [3.63, 3.8) is 0 Å². The van der Waals surface area contributed by atoms with Crippen molar-refractivity contribution >= 4 is 11.9 Å². The van der Waals surface area contributed by atoms with Gasteiger partial charge in [0.05, 0.1) is 6.54 Å². The topological polar surface area (TPSA) is 78.9 Å². The van der Waals surface area contributed by atoms with Crippen molar-refractivity contribution in [1.29, 1.82) is 0 Å². The molecular formula is C22H28FN5O2. The summed E-state index contributed by atoms with van der Waals surface area (Å²) in [6, 6.07) is 9.57. The zero-order valence-corrected chi connectivity index (χ0v) is 17.2. The molecule has 1 saturated heterocycles. The van der Waals surface area contributed by atoms with Gasteiger partial charge in [-0.05, 0) is 37.5 Å². The Bertz CT molecular complexity index is 857. The van der Waals surface area contributed by atoms with Gasteiger partial charge in [-0.15, -0.1) is 0 Å². The lowest BCUT2D eigenvalue weighted by Crippen LogP contribution is -2.39. The smallest absolute Gasteiger partial charge is 0.222 e. The fourth-order valence-electron chi connectivity index (χ4n) is 3.15. The molecule has 0 bridgehead atoms. The third kappa shape index (κ3) is 6.72. The third-order valence-electron chi connectivity index (χ3n) is 4.65. The first-order valence-electron chi connectivity index (χ1n) is 10.3. The van der Waals surface area contributed by atoms with Crippen LogP contribution in [0, 0.1) is 5.82 Å². The Balaban J connectivity index is 1.46. The lowest BCUT2D eigenvalue weighted by atomic mass is 10.3. The molecule has 1 aromatic carbocycles.